The van der Waals surface area contributed by atoms with Gasteiger partial charge in [0.25, 0.3) is 0 Å². The smallest absolute Gasteiger partial charge is 0.400 e. The van der Waals surface area contributed by atoms with Crippen LogP contribution in [0.5, 0.6) is 0 Å². The fourth-order valence-electron chi connectivity index (χ4n) is 2.46. The molecule has 100 valence electrons. The number of hydrogen-bond acceptors (Lipinski definition) is 2. The quantitative estimate of drug-likeness (QED) is 0.686. The molecular formula is C15H25BO2. The number of hydrogen-bond donors (Lipinski definition) is 0. The third-order valence-corrected chi connectivity index (χ3v) is 4.46. The fraction of sp³-hybridized carbons (Fsp3) is 0.733. The van der Waals surface area contributed by atoms with Crippen molar-refractivity contribution in [3.8, 4) is 0 Å². The van der Waals surface area contributed by atoms with Crippen molar-refractivity contribution in [1.29, 1.82) is 0 Å². The van der Waals surface area contributed by atoms with E-state index in [2.05, 4.69) is 46.7 Å². The van der Waals surface area contributed by atoms with E-state index in [0.717, 1.165) is 0 Å². The van der Waals surface area contributed by atoms with Crippen molar-refractivity contribution < 1.29 is 9.31 Å². The lowest BCUT2D eigenvalue weighted by molar-refractivity contribution is 0.00578. The first-order chi connectivity index (χ1) is 8.32. The second-order valence-corrected chi connectivity index (χ2v) is 6.45. The van der Waals surface area contributed by atoms with Gasteiger partial charge in [0.1, 0.15) is 0 Å². The van der Waals surface area contributed by atoms with Crippen LogP contribution in [0.15, 0.2) is 23.2 Å². The van der Waals surface area contributed by atoms with Crippen LogP contribution in [-0.2, 0) is 9.31 Å². The zero-order valence-corrected chi connectivity index (χ0v) is 12.4. The lowest BCUT2D eigenvalue weighted by Gasteiger charge is -2.32. The summed E-state index contributed by atoms with van der Waals surface area (Å²) in [5.41, 5.74) is 2.30. The van der Waals surface area contributed by atoms with Crippen LogP contribution in [-0.4, -0.2) is 18.3 Å². The molecule has 18 heavy (non-hydrogen) atoms. The zero-order chi connectivity index (χ0) is 13.4. The summed E-state index contributed by atoms with van der Waals surface area (Å²) in [5, 5.41) is 0. The van der Waals surface area contributed by atoms with Gasteiger partial charge >= 0.3 is 7.12 Å². The van der Waals surface area contributed by atoms with Gasteiger partial charge in [0.15, 0.2) is 0 Å². The Morgan fingerprint density at radius 2 is 1.78 bits per heavy atom. The molecule has 1 fully saturated rings. The molecule has 0 N–H and O–H groups in total. The Hall–Kier alpha value is -0.535. The van der Waals surface area contributed by atoms with Gasteiger partial charge in [0, 0.05) is 0 Å². The maximum Gasteiger partial charge on any atom is 0.487 e. The Bertz CT molecular complexity index is 364. The van der Waals surface area contributed by atoms with Gasteiger partial charge in [-0.1, -0.05) is 23.2 Å². The molecule has 0 atom stereocenters. The largest absolute Gasteiger partial charge is 0.487 e. The molecule has 1 heterocycles. The Kier molecular flexibility index (Phi) is 3.75. The van der Waals surface area contributed by atoms with Crippen LogP contribution in [0.2, 0.25) is 0 Å². The van der Waals surface area contributed by atoms with Crippen LogP contribution in [0.1, 0.15) is 60.3 Å². The summed E-state index contributed by atoms with van der Waals surface area (Å²) in [6, 6.07) is 0. The molecular weight excluding hydrogens is 223 g/mol. The fourth-order valence-corrected chi connectivity index (χ4v) is 2.46. The van der Waals surface area contributed by atoms with Gasteiger partial charge in [0.2, 0.25) is 0 Å². The summed E-state index contributed by atoms with van der Waals surface area (Å²) in [4.78, 5) is 0. The highest BCUT2D eigenvalue weighted by Crippen LogP contribution is 2.37. The minimum absolute atomic E-state index is 0.210. The summed E-state index contributed by atoms with van der Waals surface area (Å²) in [5.74, 6) is 2.13. The Labute approximate surface area is 112 Å². The van der Waals surface area contributed by atoms with E-state index in [0.29, 0.717) is 0 Å². The van der Waals surface area contributed by atoms with Gasteiger partial charge in [0.05, 0.1) is 11.2 Å². The minimum atomic E-state index is -0.241. The highest BCUT2D eigenvalue weighted by atomic mass is 16.7. The Morgan fingerprint density at radius 3 is 2.28 bits per heavy atom. The zero-order valence-electron chi connectivity index (χ0n) is 12.4. The molecule has 0 aromatic heterocycles. The second-order valence-electron chi connectivity index (χ2n) is 6.45. The van der Waals surface area contributed by atoms with E-state index >= 15 is 0 Å². The van der Waals surface area contributed by atoms with E-state index in [-0.39, 0.29) is 18.3 Å². The first-order valence-electron chi connectivity index (χ1n) is 7.05. The average molecular weight is 248 g/mol. The molecule has 0 saturated carbocycles. The van der Waals surface area contributed by atoms with Crippen LogP contribution >= 0.6 is 0 Å². The average Bonchev–Trinajstić information content (AvgIpc) is 2.48. The molecule has 0 amide bonds. The van der Waals surface area contributed by atoms with Gasteiger partial charge in [-0.2, -0.15) is 0 Å². The molecule has 1 aliphatic carbocycles. The summed E-state index contributed by atoms with van der Waals surface area (Å²) in [6.45, 7) is 10.5. The van der Waals surface area contributed by atoms with Crippen LogP contribution in [0.3, 0.4) is 0 Å². The summed E-state index contributed by atoms with van der Waals surface area (Å²) in [6.07, 6.45) is 7.40. The highest BCUT2D eigenvalue weighted by molar-refractivity contribution is 6.52. The molecule has 0 bridgehead atoms. The normalized spacial score (nSPS) is 27.3. The number of allylic oxidation sites excluding steroid dienone is 3. The van der Waals surface area contributed by atoms with Gasteiger partial charge in [-0.3, -0.25) is 0 Å². The van der Waals surface area contributed by atoms with Crippen LogP contribution in [0, 0.1) is 0 Å². The van der Waals surface area contributed by atoms with Crippen molar-refractivity contribution in [1.82, 2.24) is 0 Å². The van der Waals surface area contributed by atoms with E-state index in [4.69, 9.17) is 9.31 Å². The monoisotopic (exact) mass is 248 g/mol. The standard InChI is InChI=1S/C15H25BO2/c1-12(13-9-7-6-8-10-13)11-16-17-14(2,3)15(4,5)18-16/h9,11H,6-8,10H2,1-5H3/b12-11+. The van der Waals surface area contributed by atoms with Crippen molar-refractivity contribution in [2.24, 2.45) is 0 Å². The van der Waals surface area contributed by atoms with Crippen molar-refractivity contribution in [2.45, 2.75) is 71.5 Å². The van der Waals surface area contributed by atoms with E-state index < -0.39 is 0 Å². The molecule has 0 aromatic rings. The molecule has 0 spiro atoms. The minimum Gasteiger partial charge on any atom is -0.400 e. The van der Waals surface area contributed by atoms with E-state index in [9.17, 15) is 0 Å². The first-order valence-corrected chi connectivity index (χ1v) is 7.05. The maximum absolute atomic E-state index is 6.00. The third kappa shape index (κ3) is 2.72. The molecule has 2 aliphatic rings. The van der Waals surface area contributed by atoms with E-state index in [1.54, 1.807) is 0 Å². The van der Waals surface area contributed by atoms with Crippen LogP contribution in [0.4, 0.5) is 0 Å². The highest BCUT2D eigenvalue weighted by Gasteiger charge is 2.50. The summed E-state index contributed by atoms with van der Waals surface area (Å²) < 4.78 is 12.0. The van der Waals surface area contributed by atoms with Crippen molar-refractivity contribution in [2.75, 3.05) is 0 Å². The Morgan fingerprint density at radius 1 is 1.17 bits per heavy atom. The lowest BCUT2D eigenvalue weighted by Crippen LogP contribution is -2.41. The summed E-state index contributed by atoms with van der Waals surface area (Å²) in [7, 11) is -0.210. The number of rotatable bonds is 2. The lowest BCUT2D eigenvalue weighted by atomic mass is 9.83. The van der Waals surface area contributed by atoms with Crippen LogP contribution < -0.4 is 0 Å². The molecule has 3 heteroatoms. The first kappa shape index (κ1) is 13.9. The van der Waals surface area contributed by atoms with Crippen molar-refractivity contribution >= 4 is 7.12 Å². The molecule has 2 rings (SSSR count). The topological polar surface area (TPSA) is 18.5 Å². The summed E-state index contributed by atoms with van der Waals surface area (Å²) >= 11 is 0. The molecule has 1 aliphatic heterocycles. The van der Waals surface area contributed by atoms with E-state index in [1.165, 1.54) is 36.8 Å². The molecule has 1 saturated heterocycles. The SMILES string of the molecule is C/C(=C\B1OC(C)(C)C(C)(C)O1)C1=CCCCC1. The molecule has 0 aromatic carbocycles. The molecule has 2 nitrogen and oxygen atoms in total. The van der Waals surface area contributed by atoms with Gasteiger partial charge < -0.3 is 9.31 Å². The Balaban J connectivity index is 2.08. The maximum atomic E-state index is 6.00. The molecule has 0 unspecified atom stereocenters. The second kappa shape index (κ2) is 4.86. The predicted octanol–water partition coefficient (Wildman–Crippen LogP) is 4.06. The van der Waals surface area contributed by atoms with Crippen LogP contribution in [0.25, 0.3) is 0 Å². The van der Waals surface area contributed by atoms with Gasteiger partial charge in [-0.25, -0.2) is 0 Å². The predicted molar refractivity (Wildman–Crippen MR) is 76.4 cm³/mol. The van der Waals surface area contributed by atoms with Crippen molar-refractivity contribution in [3.05, 3.63) is 23.2 Å². The third-order valence-electron chi connectivity index (χ3n) is 4.46. The molecule has 0 radical (unpaired) electrons. The van der Waals surface area contributed by atoms with Gasteiger partial charge in [-0.15, -0.1) is 0 Å². The van der Waals surface area contributed by atoms with Gasteiger partial charge in [-0.05, 0) is 60.3 Å². The van der Waals surface area contributed by atoms with E-state index in [1.807, 2.05) is 0 Å². The van der Waals surface area contributed by atoms with Crippen molar-refractivity contribution in [3.63, 3.8) is 0 Å².